The number of hydrogen-bond acceptors (Lipinski definition) is 6. The highest BCUT2D eigenvalue weighted by Crippen LogP contribution is 2.35. The van der Waals surface area contributed by atoms with Gasteiger partial charge < -0.3 is 9.47 Å². The molecule has 1 aromatic rings. The summed E-state index contributed by atoms with van der Waals surface area (Å²) in [5.41, 5.74) is -0.179. The first-order valence-corrected chi connectivity index (χ1v) is 6.84. The number of carbonyl (C=O) groups excluding carboxylic acids is 2. The van der Waals surface area contributed by atoms with Gasteiger partial charge in [0, 0.05) is 17.0 Å². The van der Waals surface area contributed by atoms with Gasteiger partial charge >= 0.3 is 11.7 Å². The molecule has 1 rings (SSSR count). The van der Waals surface area contributed by atoms with E-state index < -0.39 is 10.9 Å². The maximum absolute atomic E-state index is 11.6. The van der Waals surface area contributed by atoms with Crippen LogP contribution in [-0.2, 0) is 9.53 Å². The maximum atomic E-state index is 11.6. The molecule has 8 heteroatoms. The van der Waals surface area contributed by atoms with Crippen LogP contribution in [0.2, 0.25) is 0 Å². The first-order valence-electron chi connectivity index (χ1n) is 6.05. The van der Waals surface area contributed by atoms with Crippen LogP contribution in [0.1, 0.15) is 30.1 Å². The predicted octanol–water partition coefficient (Wildman–Crippen LogP) is 2.89. The molecule has 0 saturated heterocycles. The molecule has 0 spiro atoms. The van der Waals surface area contributed by atoms with Crippen LogP contribution < -0.4 is 4.74 Å². The zero-order chi connectivity index (χ0) is 16.0. The van der Waals surface area contributed by atoms with Crippen LogP contribution in [0.25, 0.3) is 0 Å². The van der Waals surface area contributed by atoms with Crippen molar-refractivity contribution in [2.75, 3.05) is 13.7 Å². The summed E-state index contributed by atoms with van der Waals surface area (Å²) < 4.78 is 10.2. The number of nitro groups is 1. The van der Waals surface area contributed by atoms with Crippen LogP contribution in [0.3, 0.4) is 0 Å². The summed E-state index contributed by atoms with van der Waals surface area (Å²) >= 11 is 3.12. The number of carbonyl (C=O) groups is 2. The van der Waals surface area contributed by atoms with Gasteiger partial charge in [-0.15, -0.1) is 0 Å². The van der Waals surface area contributed by atoms with Gasteiger partial charge in [-0.1, -0.05) is 15.9 Å². The van der Waals surface area contributed by atoms with Gasteiger partial charge in [0.15, 0.2) is 5.78 Å². The van der Waals surface area contributed by atoms with Crippen LogP contribution in [0.5, 0.6) is 5.75 Å². The lowest BCUT2D eigenvalue weighted by Crippen LogP contribution is -2.08. The Balaban J connectivity index is 2.95. The highest BCUT2D eigenvalue weighted by Gasteiger charge is 2.23. The van der Waals surface area contributed by atoms with Gasteiger partial charge in [-0.2, -0.15) is 0 Å². The third-order valence-corrected chi connectivity index (χ3v) is 3.07. The van der Waals surface area contributed by atoms with E-state index in [0.29, 0.717) is 10.9 Å². The Morgan fingerprint density at radius 1 is 1.38 bits per heavy atom. The number of Topliss-reactive ketones (excluding diaryl/α,β-unsaturated/α-hetero) is 1. The van der Waals surface area contributed by atoms with E-state index in [0.717, 1.165) is 0 Å². The number of nitrogens with zero attached hydrogens (tertiary/aromatic N) is 1. The molecule has 0 aromatic heterocycles. The number of ether oxygens (including phenoxy) is 2. The second kappa shape index (κ2) is 7.72. The molecule has 0 aliphatic heterocycles. The molecule has 0 fully saturated rings. The predicted molar refractivity (Wildman–Crippen MR) is 77.5 cm³/mol. The highest BCUT2D eigenvalue weighted by molar-refractivity contribution is 9.10. The Morgan fingerprint density at radius 2 is 2.05 bits per heavy atom. The van der Waals surface area contributed by atoms with Crippen molar-refractivity contribution >= 4 is 33.4 Å². The zero-order valence-corrected chi connectivity index (χ0v) is 13.1. The van der Waals surface area contributed by atoms with Crippen molar-refractivity contribution in [2.24, 2.45) is 0 Å². The number of benzene rings is 1. The summed E-state index contributed by atoms with van der Waals surface area (Å²) in [6.45, 7) is 1.37. The third-order valence-electron chi connectivity index (χ3n) is 2.61. The summed E-state index contributed by atoms with van der Waals surface area (Å²) in [6.07, 6.45) is 0.466. The Kier molecular flexibility index (Phi) is 6.29. The molecule has 114 valence electrons. The number of rotatable bonds is 7. The van der Waals surface area contributed by atoms with Crippen LogP contribution in [0.15, 0.2) is 16.6 Å². The molecule has 0 atom stereocenters. The van der Waals surface area contributed by atoms with E-state index in [9.17, 15) is 19.7 Å². The van der Waals surface area contributed by atoms with Gasteiger partial charge in [-0.3, -0.25) is 19.7 Å². The highest BCUT2D eigenvalue weighted by atomic mass is 79.9. The Morgan fingerprint density at radius 3 is 2.57 bits per heavy atom. The van der Waals surface area contributed by atoms with Gasteiger partial charge in [0.2, 0.25) is 5.75 Å². The minimum Gasteiger partial charge on any atom is -0.486 e. The maximum Gasteiger partial charge on any atom is 0.312 e. The molecule has 1 aromatic carbocycles. The van der Waals surface area contributed by atoms with E-state index in [1.807, 2.05) is 0 Å². The van der Waals surface area contributed by atoms with Gasteiger partial charge in [-0.25, -0.2) is 0 Å². The second-order valence-electron chi connectivity index (χ2n) is 4.14. The molecule has 0 saturated carbocycles. The SMILES string of the molecule is COC(=O)CCCOc1c(C(C)=O)cc(Br)cc1[N+](=O)[O-]. The fraction of sp³-hybridized carbons (Fsp3) is 0.385. The van der Waals surface area contributed by atoms with Crippen LogP contribution in [-0.4, -0.2) is 30.4 Å². The quantitative estimate of drug-likeness (QED) is 0.244. The summed E-state index contributed by atoms with van der Waals surface area (Å²) in [5.74, 6) is -0.821. The molecule has 21 heavy (non-hydrogen) atoms. The first-order chi connectivity index (χ1) is 9.86. The molecule has 0 aliphatic rings. The van der Waals surface area contributed by atoms with E-state index in [-0.39, 0.29) is 35.8 Å². The van der Waals surface area contributed by atoms with Gasteiger partial charge in [0.25, 0.3) is 0 Å². The lowest BCUT2D eigenvalue weighted by Gasteiger charge is -2.10. The smallest absolute Gasteiger partial charge is 0.312 e. The molecule has 0 unspecified atom stereocenters. The van der Waals surface area contributed by atoms with Crippen molar-refractivity contribution in [1.29, 1.82) is 0 Å². The van der Waals surface area contributed by atoms with E-state index in [1.54, 1.807) is 0 Å². The number of hydrogen-bond donors (Lipinski definition) is 0. The Labute approximate surface area is 129 Å². The van der Waals surface area contributed by atoms with Crippen molar-refractivity contribution < 1.29 is 24.0 Å². The van der Waals surface area contributed by atoms with Gasteiger partial charge in [0.05, 0.1) is 24.2 Å². The molecular formula is C13H14BrNO6. The molecular weight excluding hydrogens is 346 g/mol. The molecule has 0 aliphatic carbocycles. The number of halogens is 1. The molecule has 0 heterocycles. The summed E-state index contributed by atoms with van der Waals surface area (Å²) in [7, 11) is 1.27. The molecule has 0 radical (unpaired) electrons. The number of methoxy groups -OCH3 is 1. The lowest BCUT2D eigenvalue weighted by atomic mass is 10.1. The second-order valence-corrected chi connectivity index (χ2v) is 5.06. The van der Waals surface area contributed by atoms with E-state index in [2.05, 4.69) is 20.7 Å². The third kappa shape index (κ3) is 4.82. The van der Waals surface area contributed by atoms with Crippen molar-refractivity contribution in [3.63, 3.8) is 0 Å². The van der Waals surface area contributed by atoms with Crippen LogP contribution >= 0.6 is 15.9 Å². The van der Waals surface area contributed by atoms with Crippen LogP contribution in [0.4, 0.5) is 5.69 Å². The Bertz CT molecular complexity index is 537. The van der Waals surface area contributed by atoms with E-state index in [4.69, 9.17) is 4.74 Å². The first kappa shape index (κ1) is 17.1. The van der Waals surface area contributed by atoms with Crippen molar-refractivity contribution in [3.8, 4) is 5.75 Å². The standard InChI is InChI=1S/C13H14BrNO6/c1-8(16)10-6-9(14)7-11(15(18)19)13(10)21-5-3-4-12(17)20-2/h6-7H,3-5H2,1-2H3. The normalized spacial score (nSPS) is 10.0. The van der Waals surface area contributed by atoms with Crippen LogP contribution in [0, 0.1) is 10.1 Å². The molecule has 0 N–H and O–H groups in total. The fourth-order valence-electron chi connectivity index (χ4n) is 1.62. The van der Waals surface area contributed by atoms with Gasteiger partial charge in [-0.05, 0) is 19.4 Å². The zero-order valence-electron chi connectivity index (χ0n) is 11.6. The summed E-state index contributed by atoms with van der Waals surface area (Å²) in [6, 6.07) is 2.73. The molecule has 0 amide bonds. The Hall–Kier alpha value is -1.96. The van der Waals surface area contributed by atoms with Crippen molar-refractivity contribution in [1.82, 2.24) is 0 Å². The monoisotopic (exact) mass is 359 g/mol. The average molecular weight is 360 g/mol. The number of esters is 1. The summed E-state index contributed by atoms with van der Waals surface area (Å²) in [4.78, 5) is 33.0. The van der Waals surface area contributed by atoms with Crippen molar-refractivity contribution in [3.05, 3.63) is 32.3 Å². The van der Waals surface area contributed by atoms with E-state index >= 15 is 0 Å². The average Bonchev–Trinajstić information content (AvgIpc) is 2.43. The number of nitro benzene ring substituents is 1. The van der Waals surface area contributed by atoms with Crippen molar-refractivity contribution in [2.45, 2.75) is 19.8 Å². The molecule has 7 nitrogen and oxygen atoms in total. The largest absolute Gasteiger partial charge is 0.486 e. The minimum atomic E-state index is -0.618. The fourth-order valence-corrected chi connectivity index (χ4v) is 2.07. The minimum absolute atomic E-state index is 0.0673. The summed E-state index contributed by atoms with van der Waals surface area (Å²) in [5, 5.41) is 11.1. The lowest BCUT2D eigenvalue weighted by molar-refractivity contribution is -0.386. The number of ketones is 1. The molecule has 0 bridgehead atoms. The topological polar surface area (TPSA) is 95.7 Å². The van der Waals surface area contributed by atoms with E-state index in [1.165, 1.54) is 26.2 Å². The van der Waals surface area contributed by atoms with Gasteiger partial charge in [0.1, 0.15) is 0 Å².